The number of hydrogen-bond donors (Lipinski definition) is 2. The molecule has 350 valence electrons. The number of aromatic nitrogens is 1. The number of piperazine rings is 1. The summed E-state index contributed by atoms with van der Waals surface area (Å²) in [6.07, 6.45) is 10.5. The first kappa shape index (κ1) is 47.7. The number of fused-ring (bicyclic) bond motifs is 1. The molecule has 4 fully saturated rings. The zero-order valence-corrected chi connectivity index (χ0v) is 38.4. The number of pyridine rings is 1. The number of carbonyl (C=O) groups is 6. The van der Waals surface area contributed by atoms with Gasteiger partial charge in [-0.2, -0.15) is 0 Å². The lowest BCUT2D eigenvalue weighted by Gasteiger charge is -2.40. The van der Waals surface area contributed by atoms with E-state index in [9.17, 15) is 33.2 Å². The number of hydrogen-bond acceptors (Lipinski definition) is 10. The summed E-state index contributed by atoms with van der Waals surface area (Å²) in [5, 5.41) is 6.29. The Balaban J connectivity index is 0.768. The number of rotatable bonds is 16. The second kappa shape index (κ2) is 22.3. The standard InChI is InChI=1S/C50H67FN8O6/c1-34-28-42(10-11-43(34)50(65)59(33-61)35(2)4-13-47(62)53-32-60)57-26-24-56(25-27-57)30-37-15-20-55(21-16-37)31-48(63)58-22-17-41(18-23-58)54-49(64)36(3)38-5-7-39(8-6-38)44-14-19-52-46-12-9-40(51)29-45(44)46/h9-12,14,19,28-29,32-33,35-39,41H,4-8,13,15-18,20-27,30-31H2,1-3H3,(H,54,64)(H,53,60,62). The van der Waals surface area contributed by atoms with Gasteiger partial charge in [-0.25, -0.2) is 4.39 Å². The van der Waals surface area contributed by atoms with Gasteiger partial charge in [-0.15, -0.1) is 0 Å². The lowest BCUT2D eigenvalue weighted by Crippen LogP contribution is -2.51. The molecule has 65 heavy (non-hydrogen) atoms. The maximum Gasteiger partial charge on any atom is 0.260 e. The van der Waals surface area contributed by atoms with E-state index in [0.717, 1.165) is 130 Å². The summed E-state index contributed by atoms with van der Waals surface area (Å²) in [5.74, 6) is 0.359. The van der Waals surface area contributed by atoms with E-state index in [4.69, 9.17) is 0 Å². The van der Waals surface area contributed by atoms with Crippen LogP contribution in [0.5, 0.6) is 0 Å². The van der Waals surface area contributed by atoms with Crippen molar-refractivity contribution in [2.75, 3.05) is 70.3 Å². The van der Waals surface area contributed by atoms with Crippen LogP contribution in [0.2, 0.25) is 0 Å². The number of benzene rings is 2. The molecule has 3 aliphatic heterocycles. The van der Waals surface area contributed by atoms with Crippen molar-refractivity contribution >= 4 is 53.0 Å². The van der Waals surface area contributed by atoms with E-state index in [1.807, 2.05) is 36.2 Å². The summed E-state index contributed by atoms with van der Waals surface area (Å²) >= 11 is 0. The summed E-state index contributed by atoms with van der Waals surface area (Å²) < 4.78 is 14.1. The molecule has 3 aromatic rings. The molecule has 2 N–H and O–H groups in total. The fraction of sp³-hybridized carbons (Fsp3) is 0.580. The molecule has 4 aliphatic rings. The number of nitrogens with zero attached hydrogens (tertiary/aromatic N) is 6. The van der Waals surface area contributed by atoms with Gasteiger partial charge in [0.05, 0.1) is 12.1 Å². The minimum Gasteiger partial charge on any atom is -0.369 e. The van der Waals surface area contributed by atoms with Crippen molar-refractivity contribution in [2.45, 2.75) is 103 Å². The van der Waals surface area contributed by atoms with E-state index in [0.29, 0.717) is 55.8 Å². The minimum atomic E-state index is -0.508. The van der Waals surface area contributed by atoms with Gasteiger partial charge in [-0.05, 0) is 156 Å². The molecule has 2 aromatic carbocycles. The van der Waals surface area contributed by atoms with Gasteiger partial charge in [0.2, 0.25) is 30.5 Å². The zero-order chi connectivity index (χ0) is 46.0. The molecular formula is C50H67FN8O6. The molecule has 2 unspecified atom stereocenters. The van der Waals surface area contributed by atoms with Crippen molar-refractivity contribution in [3.05, 3.63) is 71.2 Å². The van der Waals surface area contributed by atoms with Crippen molar-refractivity contribution in [3.63, 3.8) is 0 Å². The molecule has 3 saturated heterocycles. The van der Waals surface area contributed by atoms with Crippen LogP contribution in [0.25, 0.3) is 10.9 Å². The number of piperidine rings is 2. The second-order valence-electron chi connectivity index (χ2n) is 19.0. The van der Waals surface area contributed by atoms with Crippen molar-refractivity contribution < 1.29 is 33.2 Å². The number of imide groups is 2. The Morgan fingerprint density at radius 2 is 1.57 bits per heavy atom. The van der Waals surface area contributed by atoms with E-state index in [2.05, 4.69) is 37.2 Å². The maximum absolute atomic E-state index is 14.1. The molecular weight excluding hydrogens is 828 g/mol. The van der Waals surface area contributed by atoms with Gasteiger partial charge in [-0.3, -0.25) is 53.8 Å². The predicted molar refractivity (Wildman–Crippen MR) is 247 cm³/mol. The SMILES string of the molecule is Cc1cc(N2CCN(CC3CCN(CC(=O)N4CCC(NC(=O)C(C)C5CCC(c6ccnc7ccc(F)cc67)CC5)CC4)CC3)CC2)ccc1C(=O)N(C=O)C(C)CCC(=O)NC=O. The molecule has 7 rings (SSSR count). The third kappa shape index (κ3) is 12.1. The quantitative estimate of drug-likeness (QED) is 0.182. The first-order valence-electron chi connectivity index (χ1n) is 23.8. The Hall–Kier alpha value is -5.28. The number of aryl methyl sites for hydroxylation is 1. The average molecular weight is 895 g/mol. The van der Waals surface area contributed by atoms with Crippen LogP contribution in [0.3, 0.4) is 0 Å². The highest BCUT2D eigenvalue weighted by molar-refractivity contribution is 6.01. The fourth-order valence-corrected chi connectivity index (χ4v) is 10.6. The number of likely N-dealkylation sites (tertiary alicyclic amines) is 2. The molecule has 0 radical (unpaired) electrons. The van der Waals surface area contributed by atoms with Crippen LogP contribution in [-0.4, -0.2) is 139 Å². The minimum absolute atomic E-state index is 0.0241. The largest absolute Gasteiger partial charge is 0.369 e. The summed E-state index contributed by atoms with van der Waals surface area (Å²) in [4.78, 5) is 88.9. The fourth-order valence-electron chi connectivity index (χ4n) is 10.6. The highest BCUT2D eigenvalue weighted by Crippen LogP contribution is 2.41. The van der Waals surface area contributed by atoms with Crippen LogP contribution in [0.1, 0.15) is 105 Å². The first-order valence-corrected chi connectivity index (χ1v) is 23.8. The smallest absolute Gasteiger partial charge is 0.260 e. The van der Waals surface area contributed by atoms with Crippen molar-refractivity contribution in [1.29, 1.82) is 0 Å². The highest BCUT2D eigenvalue weighted by atomic mass is 19.1. The van der Waals surface area contributed by atoms with Crippen LogP contribution in [0.4, 0.5) is 10.1 Å². The Bertz CT molecular complexity index is 2160. The molecule has 6 amide bonds. The molecule has 0 bridgehead atoms. The Kier molecular flexibility index (Phi) is 16.3. The molecule has 4 heterocycles. The van der Waals surface area contributed by atoms with E-state index < -0.39 is 17.9 Å². The normalized spacial score (nSPS) is 21.4. The second-order valence-corrected chi connectivity index (χ2v) is 19.0. The van der Waals surface area contributed by atoms with Gasteiger partial charge in [0, 0.05) is 93.1 Å². The van der Waals surface area contributed by atoms with Gasteiger partial charge in [0.15, 0.2) is 0 Å². The molecule has 0 spiro atoms. The number of nitrogens with one attached hydrogen (secondary N) is 2. The monoisotopic (exact) mass is 895 g/mol. The van der Waals surface area contributed by atoms with Crippen molar-refractivity contribution in [1.82, 2.24) is 35.2 Å². The topological polar surface area (TPSA) is 156 Å². The van der Waals surface area contributed by atoms with Gasteiger partial charge in [0.1, 0.15) is 5.82 Å². The van der Waals surface area contributed by atoms with Crippen LogP contribution in [-0.2, 0) is 24.0 Å². The van der Waals surface area contributed by atoms with Crippen molar-refractivity contribution in [2.24, 2.45) is 17.8 Å². The number of carbonyl (C=O) groups excluding carboxylic acids is 6. The zero-order valence-electron chi connectivity index (χ0n) is 38.4. The van der Waals surface area contributed by atoms with Crippen LogP contribution < -0.4 is 15.5 Å². The maximum atomic E-state index is 14.1. The third-order valence-corrected chi connectivity index (χ3v) is 14.9. The predicted octanol–water partition coefficient (Wildman–Crippen LogP) is 5.27. The summed E-state index contributed by atoms with van der Waals surface area (Å²) in [7, 11) is 0. The van der Waals surface area contributed by atoms with E-state index in [-0.39, 0.29) is 42.4 Å². The average Bonchev–Trinajstić information content (AvgIpc) is 3.31. The van der Waals surface area contributed by atoms with E-state index in [1.54, 1.807) is 25.1 Å². The van der Waals surface area contributed by atoms with Crippen LogP contribution >= 0.6 is 0 Å². The van der Waals surface area contributed by atoms with Crippen LogP contribution in [0, 0.1) is 30.5 Å². The summed E-state index contributed by atoms with van der Waals surface area (Å²) in [6, 6.07) is 12.1. The Morgan fingerprint density at radius 1 is 0.846 bits per heavy atom. The Labute approximate surface area is 382 Å². The lowest BCUT2D eigenvalue weighted by molar-refractivity contribution is -0.134. The number of halogens is 1. The third-order valence-electron chi connectivity index (χ3n) is 14.9. The van der Waals surface area contributed by atoms with Crippen molar-refractivity contribution in [3.8, 4) is 0 Å². The van der Waals surface area contributed by atoms with Gasteiger partial charge < -0.3 is 15.1 Å². The molecule has 15 heteroatoms. The number of amides is 6. The molecule has 14 nitrogen and oxygen atoms in total. The van der Waals surface area contributed by atoms with Gasteiger partial charge >= 0.3 is 0 Å². The summed E-state index contributed by atoms with van der Waals surface area (Å²) in [6.45, 7) is 13.9. The first-order chi connectivity index (χ1) is 31.4. The molecule has 2 atom stereocenters. The number of anilines is 1. The van der Waals surface area contributed by atoms with E-state index in [1.165, 1.54) is 6.07 Å². The molecule has 1 aromatic heterocycles. The van der Waals surface area contributed by atoms with Gasteiger partial charge in [0.25, 0.3) is 5.91 Å². The highest BCUT2D eigenvalue weighted by Gasteiger charge is 2.33. The van der Waals surface area contributed by atoms with E-state index >= 15 is 0 Å². The Morgan fingerprint density at radius 3 is 2.25 bits per heavy atom. The van der Waals surface area contributed by atoms with Gasteiger partial charge in [-0.1, -0.05) is 6.92 Å². The molecule has 1 saturated carbocycles. The van der Waals surface area contributed by atoms with Crippen LogP contribution in [0.15, 0.2) is 48.7 Å². The summed E-state index contributed by atoms with van der Waals surface area (Å²) in [5.41, 5.74) is 4.24. The lowest BCUT2D eigenvalue weighted by atomic mass is 9.73. The molecule has 1 aliphatic carbocycles.